The quantitative estimate of drug-likeness (QED) is 0.568. The Kier molecular flexibility index (Phi) is 7.76. The Morgan fingerprint density at radius 3 is 2.26 bits per heavy atom. The normalized spacial score (nSPS) is 11.3. The number of halogens is 1. The van der Waals surface area contributed by atoms with Gasteiger partial charge in [0.25, 0.3) is 11.8 Å². The van der Waals surface area contributed by atoms with Crippen LogP contribution in [-0.4, -0.2) is 42.7 Å². The van der Waals surface area contributed by atoms with Crippen LogP contribution in [0.5, 0.6) is 17.2 Å². The molecule has 0 bridgehead atoms. The molecule has 2 aromatic carbocycles. The molecule has 0 heterocycles. The molecular weight excluding hydrogens is 372 g/mol. The molecule has 2 amide bonds. The average Bonchev–Trinajstić information content (AvgIpc) is 2.66. The molecule has 2 aromatic rings. The summed E-state index contributed by atoms with van der Waals surface area (Å²) in [7, 11) is 0. The largest absolute Gasteiger partial charge is 0.508 e. The Balaban J connectivity index is 1.60. The molecule has 0 saturated carbocycles. The van der Waals surface area contributed by atoms with Crippen LogP contribution < -0.4 is 20.1 Å². The minimum Gasteiger partial charge on any atom is -0.508 e. The van der Waals surface area contributed by atoms with Crippen molar-refractivity contribution in [3.05, 3.63) is 53.6 Å². The van der Waals surface area contributed by atoms with Gasteiger partial charge in [-0.25, -0.2) is 0 Å². The number of carbonyl (C=O) groups is 2. The molecule has 0 spiro atoms. The van der Waals surface area contributed by atoms with Gasteiger partial charge in [-0.05, 0) is 55.5 Å². The predicted octanol–water partition coefficient (Wildman–Crippen LogP) is 2.12. The van der Waals surface area contributed by atoms with Crippen molar-refractivity contribution in [2.24, 2.45) is 0 Å². The summed E-state index contributed by atoms with van der Waals surface area (Å²) in [4.78, 5) is 23.7. The summed E-state index contributed by atoms with van der Waals surface area (Å²) in [5.74, 6) is 0.531. The van der Waals surface area contributed by atoms with Crippen LogP contribution in [0.3, 0.4) is 0 Å². The van der Waals surface area contributed by atoms with E-state index < -0.39 is 6.10 Å². The van der Waals surface area contributed by atoms with Crippen molar-refractivity contribution in [1.29, 1.82) is 0 Å². The van der Waals surface area contributed by atoms with Crippen LogP contribution in [0.15, 0.2) is 48.5 Å². The number of nitrogens with one attached hydrogen (secondary N) is 2. The number of ether oxygens (including phenoxy) is 2. The van der Waals surface area contributed by atoms with Crippen LogP contribution >= 0.6 is 11.6 Å². The monoisotopic (exact) mass is 392 g/mol. The highest BCUT2D eigenvalue weighted by molar-refractivity contribution is 6.30. The van der Waals surface area contributed by atoms with E-state index >= 15 is 0 Å². The molecule has 0 aliphatic carbocycles. The number of hydrogen-bond acceptors (Lipinski definition) is 5. The zero-order chi connectivity index (χ0) is 19.6. The summed E-state index contributed by atoms with van der Waals surface area (Å²) in [6, 6.07) is 12.8. The number of phenols is 1. The lowest BCUT2D eigenvalue weighted by atomic mass is 10.3. The summed E-state index contributed by atoms with van der Waals surface area (Å²) >= 11 is 5.77. The Labute approximate surface area is 162 Å². The van der Waals surface area contributed by atoms with Crippen LogP contribution in [0, 0.1) is 0 Å². The smallest absolute Gasteiger partial charge is 0.260 e. The Morgan fingerprint density at radius 1 is 1.00 bits per heavy atom. The number of amides is 2. The van der Waals surface area contributed by atoms with Gasteiger partial charge in [0.2, 0.25) is 0 Å². The van der Waals surface area contributed by atoms with E-state index in [9.17, 15) is 14.7 Å². The minimum atomic E-state index is -0.710. The van der Waals surface area contributed by atoms with Crippen LogP contribution in [-0.2, 0) is 9.59 Å². The van der Waals surface area contributed by atoms with E-state index in [4.69, 9.17) is 21.1 Å². The SMILES string of the molecule is CC(Oc1ccc(O)cc1)C(=O)NCCNC(=O)COc1ccc(Cl)cc1. The second-order valence-electron chi connectivity index (χ2n) is 5.64. The van der Waals surface area contributed by atoms with Crippen LogP contribution in [0.2, 0.25) is 5.02 Å². The maximum Gasteiger partial charge on any atom is 0.260 e. The van der Waals surface area contributed by atoms with E-state index in [1.54, 1.807) is 43.3 Å². The Morgan fingerprint density at radius 2 is 1.59 bits per heavy atom. The molecule has 0 aliphatic heterocycles. The molecule has 1 unspecified atom stereocenters. The van der Waals surface area contributed by atoms with Crippen molar-refractivity contribution in [2.45, 2.75) is 13.0 Å². The second-order valence-corrected chi connectivity index (χ2v) is 6.07. The zero-order valence-corrected chi connectivity index (χ0v) is 15.5. The van der Waals surface area contributed by atoms with Gasteiger partial charge in [-0.2, -0.15) is 0 Å². The zero-order valence-electron chi connectivity index (χ0n) is 14.8. The number of rotatable bonds is 9. The third kappa shape index (κ3) is 7.45. The maximum atomic E-state index is 12.0. The maximum absolute atomic E-state index is 12.0. The predicted molar refractivity (Wildman–Crippen MR) is 101 cm³/mol. The molecule has 0 radical (unpaired) electrons. The topological polar surface area (TPSA) is 96.9 Å². The van der Waals surface area contributed by atoms with Crippen molar-refractivity contribution >= 4 is 23.4 Å². The molecule has 8 heteroatoms. The number of benzene rings is 2. The van der Waals surface area contributed by atoms with E-state index in [-0.39, 0.29) is 37.3 Å². The summed E-state index contributed by atoms with van der Waals surface area (Å²) in [5, 5.41) is 15.1. The average molecular weight is 393 g/mol. The van der Waals surface area contributed by atoms with E-state index in [0.717, 1.165) is 0 Å². The first-order valence-electron chi connectivity index (χ1n) is 8.32. The first kappa shape index (κ1) is 20.4. The third-order valence-electron chi connectivity index (χ3n) is 3.45. The standard InChI is InChI=1S/C19H21ClN2O5/c1-13(27-17-8-4-15(23)5-9-17)19(25)22-11-10-21-18(24)12-26-16-6-2-14(20)3-7-16/h2-9,13,23H,10-12H2,1H3,(H,21,24)(H,22,25). The number of carbonyl (C=O) groups excluding carboxylic acids is 2. The fourth-order valence-corrected chi connectivity index (χ4v) is 2.17. The lowest BCUT2D eigenvalue weighted by Gasteiger charge is -2.15. The summed E-state index contributed by atoms with van der Waals surface area (Å²) in [5.41, 5.74) is 0. The van der Waals surface area contributed by atoms with E-state index in [0.29, 0.717) is 16.5 Å². The van der Waals surface area contributed by atoms with Gasteiger partial charge >= 0.3 is 0 Å². The fraction of sp³-hybridized carbons (Fsp3) is 0.263. The number of hydrogen-bond donors (Lipinski definition) is 3. The summed E-state index contributed by atoms with van der Waals surface area (Å²) < 4.78 is 10.8. The van der Waals surface area contributed by atoms with E-state index in [2.05, 4.69) is 10.6 Å². The molecule has 0 aliphatic rings. The highest BCUT2D eigenvalue weighted by Crippen LogP contribution is 2.17. The second kappa shape index (κ2) is 10.3. The van der Waals surface area contributed by atoms with Crippen molar-refractivity contribution in [1.82, 2.24) is 10.6 Å². The van der Waals surface area contributed by atoms with Crippen molar-refractivity contribution in [2.75, 3.05) is 19.7 Å². The van der Waals surface area contributed by atoms with Crippen LogP contribution in [0.25, 0.3) is 0 Å². The molecule has 3 N–H and O–H groups in total. The summed E-state index contributed by atoms with van der Waals surface area (Å²) in [6.45, 7) is 2.01. The van der Waals surface area contributed by atoms with Gasteiger partial charge in [0.05, 0.1) is 0 Å². The van der Waals surface area contributed by atoms with Gasteiger partial charge in [0, 0.05) is 18.1 Å². The number of aromatic hydroxyl groups is 1. The van der Waals surface area contributed by atoms with Crippen LogP contribution in [0.4, 0.5) is 0 Å². The van der Waals surface area contributed by atoms with E-state index in [1.807, 2.05) is 0 Å². The molecule has 27 heavy (non-hydrogen) atoms. The first-order chi connectivity index (χ1) is 12.9. The number of phenolic OH excluding ortho intramolecular Hbond substituents is 1. The fourth-order valence-electron chi connectivity index (χ4n) is 2.04. The lowest BCUT2D eigenvalue weighted by Crippen LogP contribution is -2.41. The Hall–Kier alpha value is -2.93. The van der Waals surface area contributed by atoms with Crippen molar-refractivity contribution < 1.29 is 24.2 Å². The van der Waals surface area contributed by atoms with Crippen LogP contribution in [0.1, 0.15) is 6.92 Å². The molecule has 0 aromatic heterocycles. The third-order valence-corrected chi connectivity index (χ3v) is 3.70. The molecule has 1 atom stereocenters. The summed E-state index contributed by atoms with van der Waals surface area (Å²) in [6.07, 6.45) is -0.710. The molecule has 2 rings (SSSR count). The van der Waals surface area contributed by atoms with Crippen molar-refractivity contribution in [3.8, 4) is 17.2 Å². The van der Waals surface area contributed by atoms with Gasteiger partial charge in [0.15, 0.2) is 12.7 Å². The highest BCUT2D eigenvalue weighted by atomic mass is 35.5. The molecule has 144 valence electrons. The molecule has 0 saturated heterocycles. The van der Waals surface area contributed by atoms with Gasteiger partial charge < -0.3 is 25.2 Å². The van der Waals surface area contributed by atoms with Gasteiger partial charge in [-0.1, -0.05) is 11.6 Å². The molecule has 0 fully saturated rings. The Bertz CT molecular complexity index is 750. The van der Waals surface area contributed by atoms with Gasteiger partial charge in [-0.15, -0.1) is 0 Å². The first-order valence-corrected chi connectivity index (χ1v) is 8.70. The minimum absolute atomic E-state index is 0.121. The lowest BCUT2D eigenvalue weighted by molar-refractivity contribution is -0.127. The highest BCUT2D eigenvalue weighted by Gasteiger charge is 2.14. The van der Waals surface area contributed by atoms with E-state index in [1.165, 1.54) is 12.1 Å². The molecule has 7 nitrogen and oxygen atoms in total. The molecular formula is C19H21ClN2O5. The van der Waals surface area contributed by atoms with Gasteiger partial charge in [-0.3, -0.25) is 9.59 Å². The van der Waals surface area contributed by atoms with Crippen molar-refractivity contribution in [3.63, 3.8) is 0 Å². The van der Waals surface area contributed by atoms with Gasteiger partial charge in [0.1, 0.15) is 17.2 Å².